The molecule has 0 bridgehead atoms. The molecule has 4 rings (SSSR count). The van der Waals surface area contributed by atoms with Crippen molar-refractivity contribution in [2.45, 2.75) is 44.8 Å². The number of imidazole rings is 1. The Morgan fingerprint density at radius 3 is 2.05 bits per heavy atom. The number of fused-ring (bicyclic) bond motifs is 1. The lowest BCUT2D eigenvalue weighted by Gasteiger charge is -2.26. The highest BCUT2D eigenvalue weighted by Gasteiger charge is 2.38. The van der Waals surface area contributed by atoms with Gasteiger partial charge in [-0.1, -0.05) is 0 Å². The minimum absolute atomic E-state index is 0.667. The third-order valence-corrected chi connectivity index (χ3v) is 5.50. The van der Waals surface area contributed by atoms with E-state index in [0.29, 0.717) is 5.92 Å². The van der Waals surface area contributed by atoms with E-state index in [2.05, 4.69) is 36.8 Å². The van der Waals surface area contributed by atoms with Crippen molar-refractivity contribution in [2.24, 2.45) is 13.0 Å². The number of carboxylic acids is 2. The molecule has 208 valence electrons. The molecule has 0 spiro atoms. The third kappa shape index (κ3) is 10.4. The quantitative estimate of drug-likeness (QED) is 0.567. The molecule has 2 aliphatic rings. The number of aromatic nitrogens is 4. The predicted molar refractivity (Wildman–Crippen MR) is 116 cm³/mol. The molecule has 1 atom stereocenters. The highest BCUT2D eigenvalue weighted by Crippen LogP contribution is 2.20. The maximum absolute atomic E-state index is 10.6. The molecule has 0 aliphatic carbocycles. The molecule has 0 amide bonds. The van der Waals surface area contributed by atoms with Crippen molar-refractivity contribution in [1.82, 2.24) is 29.1 Å². The van der Waals surface area contributed by atoms with Gasteiger partial charge in [-0.25, -0.2) is 14.6 Å². The van der Waals surface area contributed by atoms with Crippen molar-refractivity contribution in [1.29, 1.82) is 0 Å². The van der Waals surface area contributed by atoms with Crippen LogP contribution in [0.1, 0.15) is 24.2 Å². The summed E-state index contributed by atoms with van der Waals surface area (Å²) in [6.07, 6.45) is 0.736. The Morgan fingerprint density at radius 2 is 1.57 bits per heavy atom. The van der Waals surface area contributed by atoms with E-state index in [1.54, 1.807) is 0 Å². The summed E-state index contributed by atoms with van der Waals surface area (Å²) >= 11 is 0. The Labute approximate surface area is 208 Å². The average Bonchev–Trinajstić information content (AvgIpc) is 3.50. The second kappa shape index (κ2) is 12.9. The number of rotatable bonds is 4. The van der Waals surface area contributed by atoms with Crippen LogP contribution in [-0.2, 0) is 36.3 Å². The summed E-state index contributed by atoms with van der Waals surface area (Å²) in [4.78, 5) is 27.5. The zero-order valence-electron chi connectivity index (χ0n) is 19.9. The van der Waals surface area contributed by atoms with Crippen molar-refractivity contribution in [3.63, 3.8) is 0 Å². The molecule has 1 unspecified atom stereocenters. The Balaban J connectivity index is 0.000000286. The van der Waals surface area contributed by atoms with Gasteiger partial charge >= 0.3 is 24.3 Å². The Hall–Kier alpha value is -3.14. The number of aliphatic carboxylic acids is 2. The lowest BCUT2D eigenvalue weighted by Crippen LogP contribution is -2.35. The number of nitrogens with zero attached hydrogens (tertiary/aromatic N) is 6. The highest BCUT2D eigenvalue weighted by molar-refractivity contribution is 5.73. The standard InChI is InChI=1S/C17H26N6.2C2HF3O2/c1-20-9-15(8-19-20)10-22-12-16(11-21-5-2-3-6-21)13-23-7-4-18-17(23)14-22;2*3-2(4,5)1(6)7/h4,7-9,16H,2-3,5-6,10-14H2,1H3;2*(H,6,7). The van der Waals surface area contributed by atoms with E-state index in [9.17, 15) is 26.3 Å². The third-order valence-electron chi connectivity index (χ3n) is 5.50. The van der Waals surface area contributed by atoms with Crippen LogP contribution in [-0.4, -0.2) is 89.8 Å². The lowest BCUT2D eigenvalue weighted by molar-refractivity contribution is -0.193. The van der Waals surface area contributed by atoms with E-state index in [4.69, 9.17) is 19.8 Å². The van der Waals surface area contributed by atoms with Crippen molar-refractivity contribution >= 4 is 11.9 Å². The number of hydrogen-bond acceptors (Lipinski definition) is 6. The van der Waals surface area contributed by atoms with Crippen LogP contribution in [0.5, 0.6) is 0 Å². The molecule has 0 aromatic carbocycles. The van der Waals surface area contributed by atoms with Gasteiger partial charge in [-0.3, -0.25) is 9.58 Å². The first-order chi connectivity index (χ1) is 17.1. The van der Waals surface area contributed by atoms with Crippen LogP contribution >= 0.6 is 0 Å². The van der Waals surface area contributed by atoms with Crippen molar-refractivity contribution in [3.8, 4) is 0 Å². The molecule has 37 heavy (non-hydrogen) atoms. The van der Waals surface area contributed by atoms with Gasteiger partial charge in [-0.15, -0.1) is 0 Å². The van der Waals surface area contributed by atoms with Gasteiger partial charge < -0.3 is 19.7 Å². The zero-order chi connectivity index (χ0) is 27.8. The van der Waals surface area contributed by atoms with Gasteiger partial charge in [0.15, 0.2) is 0 Å². The number of carboxylic acid groups (broad SMARTS) is 2. The van der Waals surface area contributed by atoms with Gasteiger partial charge in [0.2, 0.25) is 0 Å². The molecule has 2 aromatic heterocycles. The highest BCUT2D eigenvalue weighted by atomic mass is 19.4. The minimum Gasteiger partial charge on any atom is -0.475 e. The van der Waals surface area contributed by atoms with Gasteiger partial charge in [0.1, 0.15) is 5.82 Å². The fraction of sp³-hybridized carbons (Fsp3) is 0.619. The number of alkyl halides is 6. The van der Waals surface area contributed by atoms with Gasteiger partial charge in [0.25, 0.3) is 0 Å². The number of hydrogen-bond donors (Lipinski definition) is 2. The van der Waals surface area contributed by atoms with Gasteiger partial charge in [0, 0.05) is 63.3 Å². The fourth-order valence-corrected chi connectivity index (χ4v) is 4.00. The second-order valence-electron chi connectivity index (χ2n) is 8.67. The van der Waals surface area contributed by atoms with E-state index in [1.807, 2.05) is 24.1 Å². The molecule has 2 aromatic rings. The van der Waals surface area contributed by atoms with Crippen LogP contribution in [0, 0.1) is 5.92 Å². The van der Waals surface area contributed by atoms with Crippen molar-refractivity contribution < 1.29 is 46.1 Å². The summed E-state index contributed by atoms with van der Waals surface area (Å²) in [5.74, 6) is -3.65. The molecule has 10 nitrogen and oxygen atoms in total. The van der Waals surface area contributed by atoms with E-state index in [0.717, 1.165) is 26.2 Å². The monoisotopic (exact) mass is 542 g/mol. The summed E-state index contributed by atoms with van der Waals surface area (Å²) in [6.45, 7) is 7.87. The second-order valence-corrected chi connectivity index (χ2v) is 8.67. The van der Waals surface area contributed by atoms with Crippen molar-refractivity contribution in [3.05, 3.63) is 36.2 Å². The number of halogens is 6. The van der Waals surface area contributed by atoms with Crippen LogP contribution < -0.4 is 0 Å². The molecule has 4 heterocycles. The maximum atomic E-state index is 10.6. The van der Waals surface area contributed by atoms with Gasteiger partial charge in [0.05, 0.1) is 12.7 Å². The first-order valence-corrected chi connectivity index (χ1v) is 11.2. The minimum atomic E-state index is -5.08. The van der Waals surface area contributed by atoms with Crippen LogP contribution in [0.25, 0.3) is 0 Å². The number of likely N-dealkylation sites (tertiary alicyclic amines) is 1. The molecule has 16 heteroatoms. The molecule has 0 radical (unpaired) electrons. The Bertz CT molecular complexity index is 992. The van der Waals surface area contributed by atoms with Crippen LogP contribution in [0.15, 0.2) is 24.8 Å². The van der Waals surface area contributed by atoms with Gasteiger partial charge in [-0.2, -0.15) is 31.4 Å². The lowest BCUT2D eigenvalue weighted by atomic mass is 10.1. The van der Waals surface area contributed by atoms with Crippen LogP contribution in [0.2, 0.25) is 0 Å². The molecule has 1 fully saturated rings. The van der Waals surface area contributed by atoms with E-state index < -0.39 is 24.3 Å². The summed E-state index contributed by atoms with van der Waals surface area (Å²) in [5, 5.41) is 18.6. The first-order valence-electron chi connectivity index (χ1n) is 11.2. The van der Waals surface area contributed by atoms with E-state index in [1.165, 1.54) is 43.9 Å². The Morgan fingerprint density at radius 1 is 1.00 bits per heavy atom. The summed E-state index contributed by atoms with van der Waals surface area (Å²) in [5.41, 5.74) is 1.28. The van der Waals surface area contributed by atoms with Crippen molar-refractivity contribution in [2.75, 3.05) is 26.2 Å². The Kier molecular flexibility index (Phi) is 10.5. The smallest absolute Gasteiger partial charge is 0.475 e. The normalized spacial score (nSPS) is 18.6. The SMILES string of the molecule is Cn1cc(CN2Cc3nccn3CC(CN3CCCC3)C2)cn1.O=C(O)C(F)(F)F.O=C(O)C(F)(F)F. The average molecular weight is 542 g/mol. The summed E-state index contributed by atoms with van der Waals surface area (Å²) < 4.78 is 67.7. The summed E-state index contributed by atoms with van der Waals surface area (Å²) in [6, 6.07) is 0. The maximum Gasteiger partial charge on any atom is 0.490 e. The molecule has 1 saturated heterocycles. The topological polar surface area (TPSA) is 117 Å². The molecular weight excluding hydrogens is 514 g/mol. The molecular formula is C21H28F6N6O4. The number of carbonyl (C=O) groups is 2. The molecule has 2 N–H and O–H groups in total. The fourth-order valence-electron chi connectivity index (χ4n) is 4.00. The van der Waals surface area contributed by atoms with E-state index in [-0.39, 0.29) is 0 Å². The molecule has 2 aliphatic heterocycles. The zero-order valence-corrected chi connectivity index (χ0v) is 19.9. The largest absolute Gasteiger partial charge is 0.490 e. The number of aryl methyl sites for hydroxylation is 1. The predicted octanol–water partition coefficient (Wildman–Crippen LogP) is 2.61. The van der Waals surface area contributed by atoms with Crippen LogP contribution in [0.4, 0.5) is 26.3 Å². The molecule has 0 saturated carbocycles. The summed E-state index contributed by atoms with van der Waals surface area (Å²) in [7, 11) is 1.98. The van der Waals surface area contributed by atoms with Crippen LogP contribution in [0.3, 0.4) is 0 Å². The first kappa shape index (κ1) is 30.1. The van der Waals surface area contributed by atoms with E-state index >= 15 is 0 Å². The van der Waals surface area contributed by atoms with Gasteiger partial charge in [-0.05, 0) is 25.9 Å².